The Hall–Kier alpha value is -2.83. The van der Waals surface area contributed by atoms with Gasteiger partial charge in [-0.1, -0.05) is 30.3 Å². The summed E-state index contributed by atoms with van der Waals surface area (Å²) in [4.78, 5) is 29.2. The number of aromatic nitrogens is 2. The smallest absolute Gasteiger partial charge is 0.261 e. The standard InChI is InChI=1S/C20H24N4O3/c1-22-13-17(18(21-22)27-2)20(26)24-10-8-23(9-11-24)19(25)16-12-15(16)14-6-4-3-5-7-14/h3-7,13,15-16H,8-12H2,1-2H3/t15-,16-/m1/s1. The molecule has 142 valence electrons. The van der Waals surface area contributed by atoms with E-state index in [4.69, 9.17) is 4.74 Å². The zero-order chi connectivity index (χ0) is 19.0. The quantitative estimate of drug-likeness (QED) is 0.821. The number of ether oxygens (including phenoxy) is 1. The highest BCUT2D eigenvalue weighted by Crippen LogP contribution is 2.48. The van der Waals surface area contributed by atoms with Crippen LogP contribution in [0.2, 0.25) is 0 Å². The molecule has 0 N–H and O–H groups in total. The van der Waals surface area contributed by atoms with Crippen LogP contribution in [0.3, 0.4) is 0 Å². The molecule has 7 heteroatoms. The van der Waals surface area contributed by atoms with Gasteiger partial charge in [0.1, 0.15) is 5.56 Å². The zero-order valence-electron chi connectivity index (χ0n) is 15.7. The fraction of sp³-hybridized carbons (Fsp3) is 0.450. The van der Waals surface area contributed by atoms with Gasteiger partial charge in [-0.25, -0.2) is 0 Å². The number of nitrogens with zero attached hydrogens (tertiary/aromatic N) is 4. The van der Waals surface area contributed by atoms with Crippen molar-refractivity contribution in [2.75, 3.05) is 33.3 Å². The first kappa shape index (κ1) is 17.6. The van der Waals surface area contributed by atoms with Crippen molar-refractivity contribution in [1.29, 1.82) is 0 Å². The zero-order valence-corrected chi connectivity index (χ0v) is 15.7. The first-order chi connectivity index (χ1) is 13.1. The number of carbonyl (C=O) groups is 2. The van der Waals surface area contributed by atoms with Gasteiger partial charge in [-0.05, 0) is 17.9 Å². The fourth-order valence-electron chi connectivity index (χ4n) is 3.84. The molecule has 4 rings (SSSR count). The fourth-order valence-corrected chi connectivity index (χ4v) is 3.84. The van der Waals surface area contributed by atoms with Crippen molar-refractivity contribution < 1.29 is 14.3 Å². The van der Waals surface area contributed by atoms with Crippen LogP contribution in [0.4, 0.5) is 0 Å². The van der Waals surface area contributed by atoms with Crippen molar-refractivity contribution in [2.45, 2.75) is 12.3 Å². The van der Waals surface area contributed by atoms with Crippen molar-refractivity contribution >= 4 is 11.8 Å². The van der Waals surface area contributed by atoms with Crippen LogP contribution in [0.25, 0.3) is 0 Å². The van der Waals surface area contributed by atoms with Crippen molar-refractivity contribution in [3.8, 4) is 5.88 Å². The molecule has 2 aliphatic rings. The van der Waals surface area contributed by atoms with Gasteiger partial charge >= 0.3 is 0 Å². The predicted octanol–water partition coefficient (Wildman–Crippen LogP) is 1.52. The number of hydrogen-bond donors (Lipinski definition) is 0. The summed E-state index contributed by atoms with van der Waals surface area (Å²) in [5.74, 6) is 0.895. The van der Waals surface area contributed by atoms with Gasteiger partial charge in [0.25, 0.3) is 5.91 Å². The predicted molar refractivity (Wildman–Crippen MR) is 99.5 cm³/mol. The second kappa shape index (κ2) is 7.06. The highest BCUT2D eigenvalue weighted by molar-refractivity contribution is 5.96. The van der Waals surface area contributed by atoms with Gasteiger partial charge < -0.3 is 14.5 Å². The highest BCUT2D eigenvalue weighted by Gasteiger charge is 2.46. The second-order valence-corrected chi connectivity index (χ2v) is 7.20. The van der Waals surface area contributed by atoms with Gasteiger partial charge in [0.05, 0.1) is 7.11 Å². The van der Waals surface area contributed by atoms with Crippen LogP contribution in [-0.4, -0.2) is 64.7 Å². The Kier molecular flexibility index (Phi) is 4.59. The summed E-state index contributed by atoms with van der Waals surface area (Å²) in [6, 6.07) is 10.2. The number of carbonyl (C=O) groups excluding carboxylic acids is 2. The Morgan fingerprint density at radius 2 is 1.74 bits per heavy atom. The summed E-state index contributed by atoms with van der Waals surface area (Å²) in [6.45, 7) is 2.22. The van der Waals surface area contributed by atoms with E-state index in [1.165, 1.54) is 12.7 Å². The van der Waals surface area contributed by atoms with Crippen LogP contribution in [-0.2, 0) is 11.8 Å². The molecule has 0 bridgehead atoms. The van der Waals surface area contributed by atoms with E-state index >= 15 is 0 Å². The second-order valence-electron chi connectivity index (χ2n) is 7.20. The van der Waals surface area contributed by atoms with Crippen LogP contribution in [0.5, 0.6) is 5.88 Å². The van der Waals surface area contributed by atoms with Crippen LogP contribution in [0.15, 0.2) is 36.5 Å². The number of hydrogen-bond acceptors (Lipinski definition) is 4. The summed E-state index contributed by atoms with van der Waals surface area (Å²) < 4.78 is 6.76. The molecule has 0 unspecified atom stereocenters. The number of piperazine rings is 1. The molecule has 7 nitrogen and oxygen atoms in total. The van der Waals surface area contributed by atoms with Gasteiger partial charge in [-0.3, -0.25) is 14.3 Å². The summed E-state index contributed by atoms with van der Waals surface area (Å²) in [7, 11) is 3.27. The largest absolute Gasteiger partial charge is 0.479 e. The van der Waals surface area contributed by atoms with E-state index in [0.717, 1.165) is 6.42 Å². The van der Waals surface area contributed by atoms with Crippen LogP contribution < -0.4 is 4.74 Å². The Balaban J connectivity index is 1.34. The van der Waals surface area contributed by atoms with E-state index in [-0.39, 0.29) is 17.7 Å². The summed E-state index contributed by atoms with van der Waals surface area (Å²) in [5, 5.41) is 4.14. The number of aryl methyl sites for hydroxylation is 1. The number of rotatable bonds is 4. The maximum Gasteiger partial charge on any atom is 0.261 e. The van der Waals surface area contributed by atoms with E-state index in [0.29, 0.717) is 43.5 Å². The van der Waals surface area contributed by atoms with Crippen molar-refractivity contribution in [3.05, 3.63) is 47.7 Å². The van der Waals surface area contributed by atoms with Crippen molar-refractivity contribution in [2.24, 2.45) is 13.0 Å². The van der Waals surface area contributed by atoms with E-state index in [1.54, 1.807) is 22.8 Å². The molecule has 27 heavy (non-hydrogen) atoms. The molecule has 2 amide bonds. The van der Waals surface area contributed by atoms with Gasteiger partial charge in [0, 0.05) is 45.3 Å². The van der Waals surface area contributed by atoms with Crippen LogP contribution >= 0.6 is 0 Å². The van der Waals surface area contributed by atoms with Gasteiger partial charge in [0.2, 0.25) is 11.8 Å². The van der Waals surface area contributed by atoms with E-state index in [1.807, 2.05) is 23.1 Å². The highest BCUT2D eigenvalue weighted by atomic mass is 16.5. The molecule has 0 radical (unpaired) electrons. The monoisotopic (exact) mass is 368 g/mol. The first-order valence-corrected chi connectivity index (χ1v) is 9.29. The third-order valence-corrected chi connectivity index (χ3v) is 5.43. The number of methoxy groups -OCH3 is 1. The van der Waals surface area contributed by atoms with E-state index in [9.17, 15) is 9.59 Å². The molecule has 2 heterocycles. The SMILES string of the molecule is COc1nn(C)cc1C(=O)N1CCN(C(=O)[C@@H]2C[C@@H]2c2ccccc2)CC1. The lowest BCUT2D eigenvalue weighted by Gasteiger charge is -2.34. The van der Waals surface area contributed by atoms with Gasteiger partial charge in [-0.15, -0.1) is 5.10 Å². The van der Waals surface area contributed by atoms with Gasteiger partial charge in [-0.2, -0.15) is 0 Å². The third kappa shape index (κ3) is 3.41. The van der Waals surface area contributed by atoms with E-state index in [2.05, 4.69) is 17.2 Å². The molecule has 0 spiro atoms. The third-order valence-electron chi connectivity index (χ3n) is 5.43. The number of amides is 2. The van der Waals surface area contributed by atoms with Crippen LogP contribution in [0, 0.1) is 5.92 Å². The molecule has 1 aliphatic carbocycles. The normalized spacial score (nSPS) is 21.9. The topological polar surface area (TPSA) is 67.7 Å². The van der Waals surface area contributed by atoms with Crippen LogP contribution in [0.1, 0.15) is 28.3 Å². The number of benzene rings is 1. The lowest BCUT2D eigenvalue weighted by Crippen LogP contribution is -2.51. The molecule has 1 aliphatic heterocycles. The molecule has 1 aromatic heterocycles. The average molecular weight is 368 g/mol. The minimum atomic E-state index is -0.0966. The Morgan fingerprint density at radius 3 is 2.41 bits per heavy atom. The Labute approximate surface area is 158 Å². The maximum atomic E-state index is 12.8. The molecule has 1 saturated carbocycles. The maximum absolute atomic E-state index is 12.8. The Morgan fingerprint density at radius 1 is 1.07 bits per heavy atom. The lowest BCUT2D eigenvalue weighted by molar-refractivity contribution is -0.134. The molecule has 2 aromatic rings. The Bertz CT molecular complexity index is 840. The van der Waals surface area contributed by atoms with Crippen molar-refractivity contribution in [3.63, 3.8) is 0 Å². The summed E-state index contributed by atoms with van der Waals surface area (Å²) in [6.07, 6.45) is 2.60. The molecule has 2 fully saturated rings. The molecule has 2 atom stereocenters. The lowest BCUT2D eigenvalue weighted by atomic mass is 10.1. The van der Waals surface area contributed by atoms with E-state index < -0.39 is 0 Å². The molecule has 1 aromatic carbocycles. The van der Waals surface area contributed by atoms with Crippen molar-refractivity contribution in [1.82, 2.24) is 19.6 Å². The minimum Gasteiger partial charge on any atom is -0.479 e. The molecule has 1 saturated heterocycles. The average Bonchev–Trinajstić information content (AvgIpc) is 3.42. The minimum absolute atomic E-state index is 0.0908. The molecular weight excluding hydrogens is 344 g/mol. The first-order valence-electron chi connectivity index (χ1n) is 9.29. The van der Waals surface area contributed by atoms with Gasteiger partial charge in [0.15, 0.2) is 0 Å². The summed E-state index contributed by atoms with van der Waals surface area (Å²) in [5.41, 5.74) is 1.71. The summed E-state index contributed by atoms with van der Waals surface area (Å²) >= 11 is 0. The molecular formula is C20H24N4O3.